The first-order valence-corrected chi connectivity index (χ1v) is 7.56. The number of fused-ring (bicyclic) bond motifs is 1. The Morgan fingerprint density at radius 1 is 1.48 bits per heavy atom. The summed E-state index contributed by atoms with van der Waals surface area (Å²) in [5, 5.41) is 9.95. The van der Waals surface area contributed by atoms with E-state index in [0.717, 1.165) is 24.8 Å². The largest absolute Gasteiger partial charge is 0.415 e. The van der Waals surface area contributed by atoms with E-state index in [-0.39, 0.29) is 12.1 Å². The standard InChI is InChI=1S/C16H21NO4/c1-2-5-11-6-3-4-7-13(11)21-16(19)17-9-8-14-15(17)12(18)10-20-14/h3-4,6-7,12,14-15,18H,2,5,8-10H2,1H3/t12-,14+,15+/m0/s1. The highest BCUT2D eigenvalue weighted by Gasteiger charge is 2.47. The predicted molar refractivity (Wildman–Crippen MR) is 77.3 cm³/mol. The summed E-state index contributed by atoms with van der Waals surface area (Å²) >= 11 is 0. The zero-order chi connectivity index (χ0) is 14.8. The minimum absolute atomic E-state index is 0.0570. The molecule has 0 aliphatic carbocycles. The molecule has 2 saturated heterocycles. The maximum Gasteiger partial charge on any atom is 0.415 e. The summed E-state index contributed by atoms with van der Waals surface area (Å²) in [6.45, 7) is 2.96. The molecule has 0 saturated carbocycles. The molecular formula is C16H21NO4. The molecule has 3 rings (SSSR count). The van der Waals surface area contributed by atoms with Crippen LogP contribution in [0.15, 0.2) is 24.3 Å². The molecule has 1 N–H and O–H groups in total. The van der Waals surface area contributed by atoms with Crippen molar-refractivity contribution in [3.05, 3.63) is 29.8 Å². The molecule has 114 valence electrons. The fraction of sp³-hybridized carbons (Fsp3) is 0.562. The van der Waals surface area contributed by atoms with Gasteiger partial charge < -0.3 is 14.6 Å². The van der Waals surface area contributed by atoms with Crippen LogP contribution in [0.3, 0.4) is 0 Å². The van der Waals surface area contributed by atoms with Gasteiger partial charge in [-0.15, -0.1) is 0 Å². The van der Waals surface area contributed by atoms with Gasteiger partial charge in [0.25, 0.3) is 0 Å². The third-order valence-corrected chi connectivity index (χ3v) is 4.19. The Kier molecular flexibility index (Phi) is 4.12. The predicted octanol–water partition coefficient (Wildman–Crippen LogP) is 1.97. The van der Waals surface area contributed by atoms with E-state index in [1.54, 1.807) is 4.90 Å². The molecule has 0 aromatic heterocycles. The molecule has 3 atom stereocenters. The lowest BCUT2D eigenvalue weighted by Crippen LogP contribution is -2.45. The molecule has 0 spiro atoms. The van der Waals surface area contributed by atoms with Crippen LogP contribution in [0.25, 0.3) is 0 Å². The molecule has 21 heavy (non-hydrogen) atoms. The lowest BCUT2D eigenvalue weighted by Gasteiger charge is -2.24. The number of rotatable bonds is 3. The number of hydrogen-bond acceptors (Lipinski definition) is 4. The number of nitrogens with zero attached hydrogens (tertiary/aromatic N) is 1. The number of carbonyl (C=O) groups excluding carboxylic acids is 1. The molecule has 0 radical (unpaired) electrons. The van der Waals surface area contributed by atoms with Crippen LogP contribution in [0, 0.1) is 0 Å². The molecule has 1 aromatic rings. The van der Waals surface area contributed by atoms with Gasteiger partial charge in [0.15, 0.2) is 0 Å². The number of amides is 1. The third-order valence-electron chi connectivity index (χ3n) is 4.19. The molecule has 2 fully saturated rings. The van der Waals surface area contributed by atoms with Crippen LogP contribution in [-0.2, 0) is 11.2 Å². The lowest BCUT2D eigenvalue weighted by molar-refractivity contribution is 0.0799. The lowest BCUT2D eigenvalue weighted by atomic mass is 10.1. The monoisotopic (exact) mass is 291 g/mol. The molecule has 0 bridgehead atoms. The van der Waals surface area contributed by atoms with Crippen molar-refractivity contribution in [2.24, 2.45) is 0 Å². The Morgan fingerprint density at radius 3 is 3.10 bits per heavy atom. The Bertz CT molecular complexity index is 519. The van der Waals surface area contributed by atoms with Crippen molar-refractivity contribution in [1.29, 1.82) is 0 Å². The molecule has 1 amide bonds. The Morgan fingerprint density at radius 2 is 2.29 bits per heavy atom. The number of para-hydroxylation sites is 1. The van der Waals surface area contributed by atoms with Gasteiger partial charge in [0.05, 0.1) is 18.8 Å². The van der Waals surface area contributed by atoms with Gasteiger partial charge in [0.1, 0.15) is 11.9 Å². The molecule has 5 nitrogen and oxygen atoms in total. The van der Waals surface area contributed by atoms with Gasteiger partial charge in [0.2, 0.25) is 0 Å². The van der Waals surface area contributed by atoms with E-state index >= 15 is 0 Å². The summed E-state index contributed by atoms with van der Waals surface area (Å²) in [7, 11) is 0. The van der Waals surface area contributed by atoms with E-state index < -0.39 is 12.2 Å². The maximum atomic E-state index is 12.4. The smallest absolute Gasteiger partial charge is 0.410 e. The number of aryl methyl sites for hydroxylation is 1. The van der Waals surface area contributed by atoms with Crippen molar-refractivity contribution < 1.29 is 19.4 Å². The first-order valence-electron chi connectivity index (χ1n) is 7.56. The van der Waals surface area contributed by atoms with Crippen LogP contribution in [0.4, 0.5) is 4.79 Å². The van der Waals surface area contributed by atoms with Gasteiger partial charge in [-0.05, 0) is 24.5 Å². The number of aliphatic hydroxyl groups excluding tert-OH is 1. The summed E-state index contributed by atoms with van der Waals surface area (Å²) in [6.07, 6.45) is 1.56. The molecule has 5 heteroatoms. The second-order valence-corrected chi connectivity index (χ2v) is 5.64. The van der Waals surface area contributed by atoms with Crippen molar-refractivity contribution >= 4 is 6.09 Å². The maximum absolute atomic E-state index is 12.4. The van der Waals surface area contributed by atoms with Crippen LogP contribution in [0.5, 0.6) is 5.75 Å². The van der Waals surface area contributed by atoms with E-state index in [1.807, 2.05) is 24.3 Å². The van der Waals surface area contributed by atoms with Gasteiger partial charge >= 0.3 is 6.09 Å². The first kappa shape index (κ1) is 14.4. The van der Waals surface area contributed by atoms with Crippen LogP contribution in [0.1, 0.15) is 25.3 Å². The highest BCUT2D eigenvalue weighted by molar-refractivity contribution is 5.72. The van der Waals surface area contributed by atoms with Gasteiger partial charge in [-0.1, -0.05) is 31.5 Å². The first-order chi connectivity index (χ1) is 10.2. The molecular weight excluding hydrogens is 270 g/mol. The summed E-state index contributed by atoms with van der Waals surface area (Å²) in [5.41, 5.74) is 1.03. The normalized spacial score (nSPS) is 27.7. The number of hydrogen-bond donors (Lipinski definition) is 1. The number of benzene rings is 1. The number of aliphatic hydroxyl groups is 1. The molecule has 1 aromatic carbocycles. The summed E-state index contributed by atoms with van der Waals surface area (Å²) in [6, 6.07) is 7.34. The van der Waals surface area contributed by atoms with Gasteiger partial charge in [0, 0.05) is 6.54 Å². The van der Waals surface area contributed by atoms with E-state index in [0.29, 0.717) is 18.9 Å². The average molecular weight is 291 g/mol. The fourth-order valence-corrected chi connectivity index (χ4v) is 3.19. The summed E-state index contributed by atoms with van der Waals surface area (Å²) < 4.78 is 11.0. The molecule has 0 unspecified atom stereocenters. The number of carbonyl (C=O) groups is 1. The quantitative estimate of drug-likeness (QED) is 0.925. The second kappa shape index (κ2) is 6.03. The van der Waals surface area contributed by atoms with E-state index in [2.05, 4.69) is 6.92 Å². The number of likely N-dealkylation sites (tertiary alicyclic amines) is 1. The SMILES string of the molecule is CCCc1ccccc1OC(=O)N1CC[C@H]2OC[C@H](O)[C@H]21. The topological polar surface area (TPSA) is 59.0 Å². The zero-order valence-corrected chi connectivity index (χ0v) is 12.2. The molecule has 2 aliphatic heterocycles. The fourth-order valence-electron chi connectivity index (χ4n) is 3.19. The van der Waals surface area contributed by atoms with Crippen molar-refractivity contribution in [3.63, 3.8) is 0 Å². The van der Waals surface area contributed by atoms with Gasteiger partial charge in [-0.3, -0.25) is 4.90 Å². The Balaban J connectivity index is 1.72. The van der Waals surface area contributed by atoms with Crippen molar-refractivity contribution in [2.75, 3.05) is 13.2 Å². The second-order valence-electron chi connectivity index (χ2n) is 5.64. The van der Waals surface area contributed by atoms with Crippen LogP contribution < -0.4 is 4.74 Å². The van der Waals surface area contributed by atoms with Crippen molar-refractivity contribution in [2.45, 2.75) is 44.4 Å². The summed E-state index contributed by atoms with van der Waals surface area (Å²) in [4.78, 5) is 14.0. The van der Waals surface area contributed by atoms with E-state index in [1.165, 1.54) is 0 Å². The van der Waals surface area contributed by atoms with Crippen LogP contribution >= 0.6 is 0 Å². The Hall–Kier alpha value is -1.59. The third kappa shape index (κ3) is 2.76. The minimum atomic E-state index is -0.615. The van der Waals surface area contributed by atoms with E-state index in [9.17, 15) is 9.90 Å². The van der Waals surface area contributed by atoms with Crippen molar-refractivity contribution in [3.8, 4) is 5.75 Å². The van der Waals surface area contributed by atoms with Gasteiger partial charge in [-0.2, -0.15) is 0 Å². The van der Waals surface area contributed by atoms with Gasteiger partial charge in [-0.25, -0.2) is 4.79 Å². The van der Waals surface area contributed by atoms with Crippen LogP contribution in [-0.4, -0.2) is 47.5 Å². The highest BCUT2D eigenvalue weighted by Crippen LogP contribution is 2.30. The van der Waals surface area contributed by atoms with Crippen molar-refractivity contribution in [1.82, 2.24) is 4.90 Å². The van der Waals surface area contributed by atoms with Crippen LogP contribution in [0.2, 0.25) is 0 Å². The van der Waals surface area contributed by atoms with E-state index in [4.69, 9.17) is 9.47 Å². The Labute approximate surface area is 124 Å². The molecule has 2 heterocycles. The number of ether oxygens (including phenoxy) is 2. The molecule has 2 aliphatic rings. The average Bonchev–Trinajstić information content (AvgIpc) is 3.05. The highest BCUT2D eigenvalue weighted by atomic mass is 16.6. The zero-order valence-electron chi connectivity index (χ0n) is 12.2. The summed E-state index contributed by atoms with van der Waals surface area (Å²) in [5.74, 6) is 0.612. The minimum Gasteiger partial charge on any atom is -0.410 e.